The Morgan fingerprint density at radius 2 is 1.86 bits per heavy atom. The molecule has 0 amide bonds. The smallest absolute Gasteiger partial charge is 0.244 e. The van der Waals surface area contributed by atoms with E-state index in [1.165, 1.54) is 5.69 Å². The number of hydrogen-bond donors (Lipinski definition) is 0. The fourth-order valence-electron chi connectivity index (χ4n) is 3.11. The molecule has 6 heteroatoms. The molecule has 0 aliphatic carbocycles. The Morgan fingerprint density at radius 3 is 2.59 bits per heavy atom. The summed E-state index contributed by atoms with van der Waals surface area (Å²) < 4.78 is 30.8. The fourth-order valence-corrected chi connectivity index (χ4v) is 5.47. The summed E-state index contributed by atoms with van der Waals surface area (Å²) in [6.07, 6.45) is 0. The molecule has 0 spiro atoms. The third-order valence-electron chi connectivity index (χ3n) is 4.37. The molecule has 0 N–H and O–H groups in total. The van der Waals surface area contributed by atoms with Crippen LogP contribution in [0.3, 0.4) is 0 Å². The maximum absolute atomic E-state index is 13.1. The van der Waals surface area contributed by atoms with Crippen molar-refractivity contribution in [2.75, 3.05) is 6.54 Å². The first-order valence-corrected chi connectivity index (χ1v) is 9.49. The summed E-state index contributed by atoms with van der Waals surface area (Å²) in [5.74, 6) is 0. The van der Waals surface area contributed by atoms with E-state index < -0.39 is 10.0 Å². The van der Waals surface area contributed by atoms with E-state index in [1.807, 2.05) is 38.1 Å². The molecule has 2 heterocycles. The summed E-state index contributed by atoms with van der Waals surface area (Å²) in [4.78, 5) is 0.380. The molecule has 0 saturated heterocycles. The average molecular weight is 383 g/mol. The van der Waals surface area contributed by atoms with Gasteiger partial charge in [-0.1, -0.05) is 22.0 Å². The van der Waals surface area contributed by atoms with Crippen molar-refractivity contribution in [1.82, 2.24) is 8.87 Å². The molecule has 1 aromatic carbocycles. The van der Waals surface area contributed by atoms with E-state index in [9.17, 15) is 8.42 Å². The molecule has 0 unspecified atom stereocenters. The lowest BCUT2D eigenvalue weighted by Crippen LogP contribution is -2.41. The van der Waals surface area contributed by atoms with Crippen LogP contribution in [0, 0.1) is 13.8 Å². The summed E-state index contributed by atoms with van der Waals surface area (Å²) in [7, 11) is -3.51. The highest BCUT2D eigenvalue weighted by atomic mass is 79.9. The Kier molecular flexibility index (Phi) is 3.95. The predicted molar refractivity (Wildman–Crippen MR) is 90.4 cm³/mol. The first-order chi connectivity index (χ1) is 10.3. The normalized spacial score (nSPS) is 19.2. The zero-order chi connectivity index (χ0) is 16.1. The van der Waals surface area contributed by atoms with Crippen LogP contribution in [0.25, 0.3) is 0 Å². The number of benzene rings is 1. The molecule has 0 saturated carbocycles. The van der Waals surface area contributed by atoms with Gasteiger partial charge in [-0.15, -0.1) is 0 Å². The number of hydrogen-bond acceptors (Lipinski definition) is 2. The maximum atomic E-state index is 13.1. The Bertz CT molecular complexity index is 827. The minimum absolute atomic E-state index is 0.161. The molecule has 0 radical (unpaired) electrons. The molecule has 1 aliphatic heterocycles. The number of aryl methyl sites for hydroxylation is 2. The van der Waals surface area contributed by atoms with E-state index >= 15 is 0 Å². The third kappa shape index (κ3) is 2.43. The van der Waals surface area contributed by atoms with E-state index in [1.54, 1.807) is 10.4 Å². The van der Waals surface area contributed by atoms with Crippen molar-refractivity contribution in [1.29, 1.82) is 0 Å². The Morgan fingerprint density at radius 1 is 1.14 bits per heavy atom. The molecular weight excluding hydrogens is 364 g/mol. The average Bonchev–Trinajstić information content (AvgIpc) is 2.84. The van der Waals surface area contributed by atoms with E-state index in [4.69, 9.17) is 0 Å². The first-order valence-electron chi connectivity index (χ1n) is 7.26. The van der Waals surface area contributed by atoms with Gasteiger partial charge in [0.05, 0.1) is 10.9 Å². The van der Waals surface area contributed by atoms with Crippen molar-refractivity contribution >= 4 is 26.0 Å². The lowest BCUT2D eigenvalue weighted by atomic mass is 10.2. The lowest BCUT2D eigenvalue weighted by Gasteiger charge is -2.34. The highest BCUT2D eigenvalue weighted by Gasteiger charge is 2.35. The van der Waals surface area contributed by atoms with Gasteiger partial charge >= 0.3 is 0 Å². The summed E-state index contributed by atoms with van der Waals surface area (Å²) in [6, 6.07) is 9.30. The van der Waals surface area contributed by atoms with Gasteiger partial charge in [0.1, 0.15) is 0 Å². The highest BCUT2D eigenvalue weighted by molar-refractivity contribution is 9.10. The number of sulfonamides is 1. The number of aromatic nitrogens is 1. The quantitative estimate of drug-likeness (QED) is 0.795. The van der Waals surface area contributed by atoms with Crippen LogP contribution in [-0.4, -0.2) is 23.8 Å². The zero-order valence-electron chi connectivity index (χ0n) is 12.9. The van der Waals surface area contributed by atoms with E-state index in [0.717, 1.165) is 15.7 Å². The van der Waals surface area contributed by atoms with Crippen molar-refractivity contribution in [3.8, 4) is 0 Å². The summed E-state index contributed by atoms with van der Waals surface area (Å²) in [6.45, 7) is 7.04. The Hall–Kier alpha value is -1.11. The van der Waals surface area contributed by atoms with Gasteiger partial charge in [0.25, 0.3) is 0 Å². The number of nitrogens with zero attached hydrogens (tertiary/aromatic N) is 2. The minimum atomic E-state index is -3.51. The molecule has 2 aromatic rings. The molecule has 3 rings (SSSR count). The summed E-state index contributed by atoms with van der Waals surface area (Å²) >= 11 is 3.37. The van der Waals surface area contributed by atoms with Gasteiger partial charge in [-0.05, 0) is 50.6 Å². The van der Waals surface area contributed by atoms with Crippen LogP contribution < -0.4 is 0 Å². The highest BCUT2D eigenvalue weighted by Crippen LogP contribution is 2.33. The van der Waals surface area contributed by atoms with E-state index in [2.05, 4.69) is 27.4 Å². The Labute approximate surface area is 139 Å². The largest absolute Gasteiger partial charge is 0.346 e. The molecule has 1 aromatic heterocycles. The second-order valence-corrected chi connectivity index (χ2v) is 8.53. The van der Waals surface area contributed by atoms with Crippen LogP contribution in [0.1, 0.15) is 29.9 Å². The van der Waals surface area contributed by atoms with Crippen molar-refractivity contribution in [3.63, 3.8) is 0 Å². The van der Waals surface area contributed by atoms with Gasteiger partial charge in [0.2, 0.25) is 10.0 Å². The zero-order valence-corrected chi connectivity index (χ0v) is 15.3. The van der Waals surface area contributed by atoms with Crippen molar-refractivity contribution in [2.45, 2.75) is 38.3 Å². The van der Waals surface area contributed by atoms with Crippen LogP contribution >= 0.6 is 15.9 Å². The van der Waals surface area contributed by atoms with Gasteiger partial charge < -0.3 is 4.57 Å². The summed E-state index contributed by atoms with van der Waals surface area (Å²) in [5, 5.41) is 0. The number of fused-ring (bicyclic) bond motifs is 1. The topological polar surface area (TPSA) is 42.3 Å². The maximum Gasteiger partial charge on any atom is 0.244 e. The lowest BCUT2D eigenvalue weighted by molar-refractivity contribution is 0.280. The van der Waals surface area contributed by atoms with Crippen molar-refractivity contribution < 1.29 is 8.42 Å². The fraction of sp³-hybridized carbons (Fsp3) is 0.375. The van der Waals surface area contributed by atoms with E-state index in [0.29, 0.717) is 18.0 Å². The Balaban J connectivity index is 2.05. The van der Waals surface area contributed by atoms with Crippen LogP contribution in [0.2, 0.25) is 0 Å². The van der Waals surface area contributed by atoms with Crippen LogP contribution in [-0.2, 0) is 16.6 Å². The van der Waals surface area contributed by atoms with Crippen LogP contribution in [0.15, 0.2) is 39.7 Å². The molecule has 0 fully saturated rings. The van der Waals surface area contributed by atoms with Gasteiger partial charge in [-0.2, -0.15) is 4.31 Å². The monoisotopic (exact) mass is 382 g/mol. The molecule has 22 heavy (non-hydrogen) atoms. The second kappa shape index (κ2) is 5.51. The SMILES string of the molecule is Cc1ccc(Br)cc1S(=O)(=O)N1CCn2c(C)ccc2[C@@H]1C. The second-order valence-electron chi connectivity index (χ2n) is 5.75. The van der Waals surface area contributed by atoms with Crippen molar-refractivity contribution in [3.05, 3.63) is 51.8 Å². The molecular formula is C16H19BrN2O2S. The van der Waals surface area contributed by atoms with Gasteiger partial charge in [0, 0.05) is 29.0 Å². The summed E-state index contributed by atoms with van der Waals surface area (Å²) in [5.41, 5.74) is 3.00. The number of halogens is 1. The van der Waals surface area contributed by atoms with Crippen LogP contribution in [0.5, 0.6) is 0 Å². The minimum Gasteiger partial charge on any atom is -0.346 e. The molecule has 1 aliphatic rings. The van der Waals surface area contributed by atoms with Crippen molar-refractivity contribution in [2.24, 2.45) is 0 Å². The molecule has 118 valence electrons. The number of rotatable bonds is 2. The first kappa shape index (κ1) is 15.8. The van der Waals surface area contributed by atoms with Gasteiger partial charge in [-0.25, -0.2) is 8.42 Å². The van der Waals surface area contributed by atoms with Gasteiger partial charge in [-0.3, -0.25) is 0 Å². The van der Waals surface area contributed by atoms with Gasteiger partial charge in [0.15, 0.2) is 0 Å². The predicted octanol–water partition coefficient (Wildman–Crippen LogP) is 3.63. The third-order valence-corrected chi connectivity index (χ3v) is 6.98. The molecule has 0 bridgehead atoms. The molecule has 4 nitrogen and oxygen atoms in total. The van der Waals surface area contributed by atoms with Crippen LogP contribution in [0.4, 0.5) is 0 Å². The standard InChI is InChI=1S/C16H19BrN2O2S/c1-11-4-6-14(17)10-16(11)22(20,21)19-9-8-18-12(2)5-7-15(18)13(19)3/h4-7,10,13H,8-9H2,1-3H3/t13-/m0/s1. The van der Waals surface area contributed by atoms with E-state index in [-0.39, 0.29) is 6.04 Å². The molecule has 1 atom stereocenters.